The van der Waals surface area contributed by atoms with Crippen molar-refractivity contribution in [3.05, 3.63) is 76.2 Å². The highest BCUT2D eigenvalue weighted by atomic mass is 35.5. The molecule has 4 rings (SSSR count). The Bertz CT molecular complexity index is 981. The molecule has 2 saturated carbocycles. The third kappa shape index (κ3) is 6.49. The summed E-state index contributed by atoms with van der Waals surface area (Å²) >= 11 is 12.9. The van der Waals surface area contributed by atoms with E-state index >= 15 is 0 Å². The van der Waals surface area contributed by atoms with Crippen LogP contribution in [0.25, 0.3) is 0 Å². The van der Waals surface area contributed by atoms with Gasteiger partial charge in [-0.05, 0) is 56.7 Å². The number of benzene rings is 1. The van der Waals surface area contributed by atoms with E-state index in [9.17, 15) is 0 Å². The molecule has 198 valence electrons. The van der Waals surface area contributed by atoms with E-state index in [1.54, 1.807) is 18.2 Å². The minimum Gasteiger partial charge on any atom is -0.400 e. The van der Waals surface area contributed by atoms with Crippen molar-refractivity contribution in [1.29, 1.82) is 0 Å². The van der Waals surface area contributed by atoms with E-state index in [0.717, 1.165) is 43.6 Å². The van der Waals surface area contributed by atoms with E-state index in [-0.39, 0.29) is 6.10 Å². The molecule has 0 amide bonds. The Morgan fingerprint density at radius 3 is 2.44 bits per heavy atom. The molecule has 3 aliphatic rings. The molecule has 5 nitrogen and oxygen atoms in total. The smallest absolute Gasteiger partial charge is 0.0945 e. The molecule has 1 heterocycles. The highest BCUT2D eigenvalue weighted by Gasteiger charge is 2.45. The van der Waals surface area contributed by atoms with Crippen molar-refractivity contribution in [2.24, 2.45) is 29.3 Å². The molecule has 36 heavy (non-hydrogen) atoms. The van der Waals surface area contributed by atoms with Crippen molar-refractivity contribution in [1.82, 2.24) is 4.90 Å². The Balaban J connectivity index is 0.00000176. The molecule has 7 heteroatoms. The van der Waals surface area contributed by atoms with E-state index in [1.807, 2.05) is 19.9 Å². The second-order valence-corrected chi connectivity index (χ2v) is 10.5. The Kier molecular flexibility index (Phi) is 10.4. The van der Waals surface area contributed by atoms with Crippen LogP contribution < -0.4 is 16.6 Å². The van der Waals surface area contributed by atoms with Crippen molar-refractivity contribution in [3.63, 3.8) is 0 Å². The molecule has 2 aliphatic carbocycles. The molecule has 4 unspecified atom stereocenters. The number of nitrogens with two attached hydrogens (primary N) is 2. The fourth-order valence-electron chi connectivity index (χ4n) is 5.08. The van der Waals surface area contributed by atoms with Crippen LogP contribution >= 0.6 is 23.2 Å². The van der Waals surface area contributed by atoms with Crippen LogP contribution in [-0.2, 0) is 4.74 Å². The predicted molar refractivity (Wildman–Crippen MR) is 154 cm³/mol. The first-order valence-corrected chi connectivity index (χ1v) is 13.9. The molecule has 0 radical (unpaired) electrons. The lowest BCUT2D eigenvalue weighted by molar-refractivity contribution is 0.0168. The van der Waals surface area contributed by atoms with Gasteiger partial charge in [0.25, 0.3) is 0 Å². The largest absolute Gasteiger partial charge is 0.400 e. The highest BCUT2D eigenvalue weighted by molar-refractivity contribution is 6.39. The normalized spacial score (nSPS) is 24.9. The number of piperidine rings is 1. The Labute approximate surface area is 227 Å². The third-order valence-electron chi connectivity index (χ3n) is 7.30. The first-order chi connectivity index (χ1) is 17.3. The van der Waals surface area contributed by atoms with Gasteiger partial charge in [-0.2, -0.15) is 0 Å². The molecule has 1 aromatic carbocycles. The maximum atomic E-state index is 6.53. The molecule has 1 aliphatic heterocycles. The zero-order chi connectivity index (χ0) is 26.4. The fourth-order valence-corrected chi connectivity index (χ4v) is 5.66. The van der Waals surface area contributed by atoms with Crippen LogP contribution in [0.5, 0.6) is 0 Å². The number of hydrogen-bond donors (Lipinski definition) is 2. The molecule has 3 fully saturated rings. The van der Waals surface area contributed by atoms with Crippen LogP contribution in [0.2, 0.25) is 10.0 Å². The van der Waals surface area contributed by atoms with Gasteiger partial charge >= 0.3 is 0 Å². The molecule has 4 N–H and O–H groups in total. The molecular formula is C29H42Cl2N4O. The summed E-state index contributed by atoms with van der Waals surface area (Å²) in [4.78, 5) is 2.52. The molecule has 4 atom stereocenters. The van der Waals surface area contributed by atoms with Gasteiger partial charge in [0.2, 0.25) is 0 Å². The topological polar surface area (TPSA) is 67.8 Å². The summed E-state index contributed by atoms with van der Waals surface area (Å²) in [6, 6.07) is 5.86. The molecule has 0 spiro atoms. The molecule has 0 aromatic heterocycles. The van der Waals surface area contributed by atoms with Crippen LogP contribution in [0.3, 0.4) is 0 Å². The van der Waals surface area contributed by atoms with Gasteiger partial charge in [0, 0.05) is 35.8 Å². The lowest BCUT2D eigenvalue weighted by Gasteiger charge is -2.35. The zero-order valence-corrected chi connectivity index (χ0v) is 23.6. The summed E-state index contributed by atoms with van der Waals surface area (Å²) in [5, 5.41) is 2.51. The van der Waals surface area contributed by atoms with E-state index in [2.05, 4.69) is 43.6 Å². The lowest BCUT2D eigenvalue weighted by atomic mass is 10.0. The average molecular weight is 534 g/mol. The number of para-hydroxylation sites is 1. The fraction of sp³-hybridized carbons (Fsp3) is 0.517. The van der Waals surface area contributed by atoms with Crippen LogP contribution in [0.1, 0.15) is 53.4 Å². The van der Waals surface area contributed by atoms with Crippen LogP contribution in [0, 0.1) is 17.8 Å². The summed E-state index contributed by atoms with van der Waals surface area (Å²) < 4.78 is 6.47. The van der Waals surface area contributed by atoms with Crippen LogP contribution in [0.15, 0.2) is 66.2 Å². The van der Waals surface area contributed by atoms with E-state index in [4.69, 9.17) is 39.5 Å². The van der Waals surface area contributed by atoms with Gasteiger partial charge < -0.3 is 15.4 Å². The second-order valence-electron chi connectivity index (χ2n) is 9.67. The number of allylic oxidation sites excluding steroid dienone is 5. The maximum Gasteiger partial charge on any atom is 0.0945 e. The summed E-state index contributed by atoms with van der Waals surface area (Å²) in [5.74, 6) is 7.73. The maximum absolute atomic E-state index is 6.53. The molecule has 1 aromatic rings. The monoisotopic (exact) mass is 532 g/mol. The Morgan fingerprint density at radius 1 is 1.25 bits per heavy atom. The summed E-state index contributed by atoms with van der Waals surface area (Å²) in [5.41, 5.74) is 9.91. The van der Waals surface area contributed by atoms with Crippen molar-refractivity contribution >= 4 is 28.9 Å². The standard InChI is InChI=1S/C27H36Cl2N4O.C2H6/c1-4-17(3)9-12-20(5-2)32-15-19-13-21(32)14-25(19)34-16-24(26(30)18-10-11-18)33(31)27-22(28)7-6-8-23(27)29;1-2/h4-9,12,17-19,21,25H,1,10-11,13-16,30-31H2,2-3H3;1-2H3/b12-9-,20-5+,26-24-;. The predicted octanol–water partition coefficient (Wildman–Crippen LogP) is 7.04. The Hall–Kier alpha value is -1.92. The summed E-state index contributed by atoms with van der Waals surface area (Å²) in [6.45, 7) is 13.5. The van der Waals surface area contributed by atoms with E-state index < -0.39 is 0 Å². The number of hydrogen-bond acceptors (Lipinski definition) is 5. The Morgan fingerprint density at radius 2 is 1.92 bits per heavy atom. The van der Waals surface area contributed by atoms with Crippen molar-refractivity contribution in [2.75, 3.05) is 18.2 Å². The van der Waals surface area contributed by atoms with Crippen molar-refractivity contribution in [3.8, 4) is 0 Å². The quantitative estimate of drug-likeness (QED) is 0.146. The number of hydrazine groups is 1. The first-order valence-electron chi connectivity index (χ1n) is 13.2. The third-order valence-corrected chi connectivity index (χ3v) is 7.91. The number of fused-ring (bicyclic) bond motifs is 2. The van der Waals surface area contributed by atoms with Gasteiger partial charge in [0.1, 0.15) is 0 Å². The highest BCUT2D eigenvalue weighted by Crippen LogP contribution is 2.43. The number of rotatable bonds is 10. The van der Waals surface area contributed by atoms with Gasteiger partial charge in [-0.3, -0.25) is 5.01 Å². The van der Waals surface area contributed by atoms with Crippen LogP contribution in [-0.4, -0.2) is 30.2 Å². The molecule has 2 bridgehead atoms. The van der Waals surface area contributed by atoms with Gasteiger partial charge in [-0.15, -0.1) is 6.58 Å². The number of ether oxygens (including phenoxy) is 1. The number of likely N-dealkylation sites (tertiary alicyclic amines) is 1. The zero-order valence-electron chi connectivity index (χ0n) is 22.1. The molecule has 1 saturated heterocycles. The molecular weight excluding hydrogens is 491 g/mol. The van der Waals surface area contributed by atoms with Crippen molar-refractivity contribution < 1.29 is 4.74 Å². The van der Waals surface area contributed by atoms with Gasteiger partial charge in [0.15, 0.2) is 0 Å². The van der Waals surface area contributed by atoms with Gasteiger partial charge in [-0.25, -0.2) is 5.84 Å². The first kappa shape index (κ1) is 28.6. The average Bonchev–Trinajstić information content (AvgIpc) is 3.55. The van der Waals surface area contributed by atoms with Crippen molar-refractivity contribution in [2.45, 2.75) is 65.5 Å². The number of anilines is 1. The van der Waals surface area contributed by atoms with Gasteiger partial charge in [0.05, 0.1) is 34.1 Å². The summed E-state index contributed by atoms with van der Waals surface area (Å²) in [6.07, 6.45) is 13.1. The minimum absolute atomic E-state index is 0.188. The van der Waals surface area contributed by atoms with Crippen LogP contribution in [0.4, 0.5) is 5.69 Å². The van der Waals surface area contributed by atoms with Gasteiger partial charge in [-0.1, -0.05) is 68.3 Å². The number of nitrogens with zero attached hydrogens (tertiary/aromatic N) is 2. The van der Waals surface area contributed by atoms with E-state index in [1.165, 1.54) is 10.7 Å². The summed E-state index contributed by atoms with van der Waals surface area (Å²) in [7, 11) is 0. The number of halogens is 2. The van der Waals surface area contributed by atoms with E-state index in [0.29, 0.717) is 46.1 Å². The lowest BCUT2D eigenvalue weighted by Crippen LogP contribution is -2.40. The second kappa shape index (κ2) is 13.0. The SMILES string of the molecule is C=CC(C)/C=C\C(=C/C)N1CC2CC1CC2OC/C(=C(/N)C1CC1)N(N)c1c(Cl)cccc1Cl.CC. The minimum atomic E-state index is 0.188.